The number of unbranched alkanes of at least 4 members (excludes halogenated alkanes) is 2. The molecule has 0 radical (unpaired) electrons. The lowest BCUT2D eigenvalue weighted by Gasteiger charge is -1.82. The van der Waals surface area contributed by atoms with E-state index < -0.39 is 0 Å². The second kappa shape index (κ2) is 8.48. The van der Waals surface area contributed by atoms with Crippen molar-refractivity contribution < 1.29 is 10.2 Å². The van der Waals surface area contributed by atoms with Gasteiger partial charge in [-0.1, -0.05) is 0 Å². The van der Waals surface area contributed by atoms with Crippen LogP contribution in [0.25, 0.3) is 0 Å². The molecule has 0 heterocycles. The van der Waals surface area contributed by atoms with Crippen molar-refractivity contribution in [3.63, 3.8) is 0 Å². The van der Waals surface area contributed by atoms with Gasteiger partial charge in [0, 0.05) is 23.0 Å². The van der Waals surface area contributed by atoms with Gasteiger partial charge < -0.3 is 22.9 Å². The molecule has 0 fully saturated rings. The van der Waals surface area contributed by atoms with Crippen molar-refractivity contribution in [3.8, 4) is 0 Å². The molecular weight excluding hydrogens is 196 g/mol. The van der Waals surface area contributed by atoms with Crippen LogP contribution in [0.2, 0.25) is 0 Å². The highest BCUT2D eigenvalue weighted by atomic mass is 15.3. The fourth-order valence-corrected chi connectivity index (χ4v) is 0.691. The first-order valence-electron chi connectivity index (χ1n) is 4.44. The highest BCUT2D eigenvalue weighted by Gasteiger charge is 1.88. The van der Waals surface area contributed by atoms with E-state index in [4.69, 9.17) is 22.9 Å². The molecule has 10 N–H and O–H groups in total. The molecule has 0 aromatic carbocycles. The van der Waals surface area contributed by atoms with Crippen LogP contribution < -0.4 is 33.1 Å². The highest BCUT2D eigenvalue weighted by molar-refractivity contribution is 5.75. The third-order valence-electron chi connectivity index (χ3n) is 1.27. The van der Waals surface area contributed by atoms with Gasteiger partial charge in [0.15, 0.2) is 12.4 Å². The van der Waals surface area contributed by atoms with E-state index in [1.807, 2.05) is 0 Å². The van der Waals surface area contributed by atoms with Crippen LogP contribution >= 0.6 is 0 Å². The number of rotatable bonds is 6. The number of hydrazone groups is 2. The van der Waals surface area contributed by atoms with E-state index in [9.17, 15) is 0 Å². The molecule has 0 aliphatic carbocycles. The van der Waals surface area contributed by atoms with Crippen LogP contribution in [-0.4, -0.2) is 24.3 Å². The van der Waals surface area contributed by atoms with E-state index in [0.29, 0.717) is 0 Å². The van der Waals surface area contributed by atoms with E-state index in [1.54, 1.807) is 12.4 Å². The van der Waals surface area contributed by atoms with Crippen LogP contribution in [0.5, 0.6) is 0 Å². The summed E-state index contributed by atoms with van der Waals surface area (Å²) in [5, 5.41) is 12.3. The Morgan fingerprint density at radius 2 is 1.27 bits per heavy atom. The quantitative estimate of drug-likeness (QED) is 0.113. The lowest BCUT2D eigenvalue weighted by atomic mass is 10.3. The predicted octanol–water partition coefficient (Wildman–Crippen LogP) is -5.16. The maximum atomic E-state index is 5.09. The third kappa shape index (κ3) is 11.9. The molecule has 0 aliphatic rings. The standard InChI is InChI=1S/C7H16N8/c8-6(9)14-12-4-2-1-3-5-13-15-7(10)11/h4-5H,1-3H2,(H4,8,9,14)(H4,10,11,15)/p+2. The molecule has 0 amide bonds. The zero-order chi connectivity index (χ0) is 11.5. The molecule has 0 spiro atoms. The Hall–Kier alpha value is -2.12. The second-order valence-electron chi connectivity index (χ2n) is 2.67. The number of nitrogens with two attached hydrogens (primary N) is 4. The summed E-state index contributed by atoms with van der Waals surface area (Å²) in [5.41, 5.74) is 20.4. The Labute approximate surface area is 87.8 Å². The van der Waals surface area contributed by atoms with Gasteiger partial charge in [0.05, 0.1) is 0 Å². The molecular formula is C7H18N8+2. The Morgan fingerprint density at radius 1 is 0.867 bits per heavy atom. The van der Waals surface area contributed by atoms with Crippen molar-refractivity contribution in [2.45, 2.75) is 19.3 Å². The SMILES string of the molecule is NC(N)=N[NH+]=CCCCC=[NH+]N=C(N)N. The van der Waals surface area contributed by atoms with Crippen LogP contribution in [0.1, 0.15) is 19.3 Å². The molecule has 0 saturated heterocycles. The molecule has 84 valence electrons. The first kappa shape index (κ1) is 12.9. The summed E-state index contributed by atoms with van der Waals surface area (Å²) in [5.74, 6) is 0.0134. The van der Waals surface area contributed by atoms with E-state index in [-0.39, 0.29) is 11.9 Å². The highest BCUT2D eigenvalue weighted by Crippen LogP contribution is 1.84. The molecule has 0 aromatic heterocycles. The molecule has 0 saturated carbocycles. The van der Waals surface area contributed by atoms with Gasteiger partial charge in [0.1, 0.15) is 0 Å². The summed E-state index contributed by atoms with van der Waals surface area (Å²) in [6.07, 6.45) is 6.11. The topological polar surface area (TPSA) is 157 Å². The van der Waals surface area contributed by atoms with Gasteiger partial charge in [-0.2, -0.15) is 0 Å². The first-order chi connectivity index (χ1) is 7.13. The largest absolute Gasteiger partial charge is 0.365 e. The molecule has 0 rings (SSSR count). The minimum Gasteiger partial charge on any atom is -0.365 e. The summed E-state index contributed by atoms with van der Waals surface area (Å²) in [7, 11) is 0. The van der Waals surface area contributed by atoms with Crippen LogP contribution in [0.15, 0.2) is 10.2 Å². The van der Waals surface area contributed by atoms with Crippen molar-refractivity contribution in [2.75, 3.05) is 0 Å². The lowest BCUT2D eigenvalue weighted by molar-refractivity contribution is -0.459. The van der Waals surface area contributed by atoms with Crippen LogP contribution in [0.3, 0.4) is 0 Å². The summed E-state index contributed by atoms with van der Waals surface area (Å²) >= 11 is 0. The number of nitrogens with one attached hydrogen (secondary N) is 2. The molecule has 0 aliphatic heterocycles. The number of hydrogen-bond donors (Lipinski definition) is 6. The molecule has 0 unspecified atom stereocenters. The van der Waals surface area contributed by atoms with Gasteiger partial charge >= 0.3 is 0 Å². The Kier molecular flexibility index (Phi) is 7.28. The normalized spacial score (nSPS) is 10.7. The zero-order valence-corrected chi connectivity index (χ0v) is 8.48. The Morgan fingerprint density at radius 3 is 1.60 bits per heavy atom. The van der Waals surface area contributed by atoms with Crippen LogP contribution in [-0.2, 0) is 0 Å². The van der Waals surface area contributed by atoms with E-state index in [2.05, 4.69) is 20.4 Å². The minimum absolute atomic E-state index is 0.00670. The minimum atomic E-state index is 0.00670. The van der Waals surface area contributed by atoms with Crippen molar-refractivity contribution >= 4 is 24.3 Å². The van der Waals surface area contributed by atoms with Gasteiger partial charge in [-0.3, -0.25) is 0 Å². The number of hydrogen-bond acceptors (Lipinski definition) is 2. The first-order valence-corrected chi connectivity index (χ1v) is 4.44. The smallest absolute Gasteiger partial charge is 0.256 e. The van der Waals surface area contributed by atoms with Crippen molar-refractivity contribution in [3.05, 3.63) is 0 Å². The van der Waals surface area contributed by atoms with E-state index in [0.717, 1.165) is 19.3 Å². The molecule has 15 heavy (non-hydrogen) atoms. The lowest BCUT2D eigenvalue weighted by Crippen LogP contribution is -2.64. The summed E-state index contributed by atoms with van der Waals surface area (Å²) in [6.45, 7) is 0. The number of guanidine groups is 2. The van der Waals surface area contributed by atoms with Gasteiger partial charge in [-0.05, 0) is 6.42 Å². The molecule has 0 atom stereocenters. The second-order valence-corrected chi connectivity index (χ2v) is 2.67. The molecule has 8 nitrogen and oxygen atoms in total. The fraction of sp³-hybridized carbons (Fsp3) is 0.429. The van der Waals surface area contributed by atoms with Crippen molar-refractivity contribution in [2.24, 2.45) is 33.1 Å². The monoisotopic (exact) mass is 214 g/mol. The molecule has 8 heteroatoms. The summed E-state index contributed by atoms with van der Waals surface area (Å²) in [4.78, 5) is 0. The maximum absolute atomic E-state index is 5.09. The van der Waals surface area contributed by atoms with E-state index >= 15 is 0 Å². The average molecular weight is 214 g/mol. The average Bonchev–Trinajstić information content (AvgIpc) is 2.14. The third-order valence-corrected chi connectivity index (χ3v) is 1.27. The van der Waals surface area contributed by atoms with Gasteiger partial charge in [0.2, 0.25) is 0 Å². The number of nitrogens with zero attached hydrogens (tertiary/aromatic N) is 2. The van der Waals surface area contributed by atoms with Crippen molar-refractivity contribution in [1.82, 2.24) is 0 Å². The van der Waals surface area contributed by atoms with Gasteiger partial charge in [0.25, 0.3) is 11.9 Å². The Balaban J connectivity index is 3.48. The zero-order valence-electron chi connectivity index (χ0n) is 8.48. The maximum Gasteiger partial charge on any atom is 0.256 e. The summed E-state index contributed by atoms with van der Waals surface area (Å²) in [6, 6.07) is 0. The van der Waals surface area contributed by atoms with Gasteiger partial charge in [-0.25, -0.2) is 0 Å². The van der Waals surface area contributed by atoms with Crippen molar-refractivity contribution in [1.29, 1.82) is 0 Å². The van der Waals surface area contributed by atoms with Gasteiger partial charge in [-0.15, -0.1) is 10.2 Å². The molecule has 0 bridgehead atoms. The molecule has 0 aromatic rings. The Bertz CT molecular complexity index is 241. The van der Waals surface area contributed by atoms with Crippen LogP contribution in [0.4, 0.5) is 0 Å². The predicted molar refractivity (Wildman–Crippen MR) is 59.5 cm³/mol. The van der Waals surface area contributed by atoms with E-state index in [1.165, 1.54) is 0 Å². The van der Waals surface area contributed by atoms with Crippen LogP contribution in [0, 0.1) is 0 Å². The fourth-order valence-electron chi connectivity index (χ4n) is 0.691. The summed E-state index contributed by atoms with van der Waals surface area (Å²) < 4.78 is 0.